The van der Waals surface area contributed by atoms with E-state index in [2.05, 4.69) is 15.9 Å². The molecule has 0 aliphatic heterocycles. The van der Waals surface area contributed by atoms with E-state index in [1.807, 2.05) is 0 Å². The second kappa shape index (κ2) is 5.79. The summed E-state index contributed by atoms with van der Waals surface area (Å²) in [6.07, 6.45) is -4.65. The zero-order valence-corrected chi connectivity index (χ0v) is 11.4. The number of carboxylic acids is 1. The van der Waals surface area contributed by atoms with Gasteiger partial charge in [0.05, 0.1) is 18.6 Å². The van der Waals surface area contributed by atoms with Crippen LogP contribution in [0.3, 0.4) is 0 Å². The third-order valence-corrected chi connectivity index (χ3v) is 2.96. The maximum Gasteiger partial charge on any atom is 0.420 e. The van der Waals surface area contributed by atoms with Crippen LogP contribution in [0.5, 0.6) is 5.75 Å². The van der Waals surface area contributed by atoms with Crippen LogP contribution < -0.4 is 10.5 Å². The lowest BCUT2D eigenvalue weighted by atomic mass is 9.95. The van der Waals surface area contributed by atoms with E-state index >= 15 is 0 Å². The molecule has 0 aromatic heterocycles. The molecule has 0 aliphatic carbocycles. The Morgan fingerprint density at radius 3 is 2.47 bits per heavy atom. The van der Waals surface area contributed by atoms with Crippen molar-refractivity contribution >= 4 is 21.9 Å². The molecule has 1 unspecified atom stereocenters. The van der Waals surface area contributed by atoms with Gasteiger partial charge in [-0.2, -0.15) is 13.2 Å². The molecule has 0 heterocycles. The smallest absolute Gasteiger partial charge is 0.420 e. The highest BCUT2D eigenvalue weighted by atomic mass is 79.9. The van der Waals surface area contributed by atoms with E-state index in [0.29, 0.717) is 0 Å². The van der Waals surface area contributed by atoms with Gasteiger partial charge in [0, 0.05) is 16.6 Å². The van der Waals surface area contributed by atoms with Crippen molar-refractivity contribution in [1.29, 1.82) is 0 Å². The van der Waals surface area contributed by atoms with E-state index in [-0.39, 0.29) is 16.6 Å². The van der Waals surface area contributed by atoms with Crippen LogP contribution in [-0.2, 0) is 11.0 Å². The van der Waals surface area contributed by atoms with Crippen LogP contribution >= 0.6 is 15.9 Å². The number of halogens is 4. The Morgan fingerprint density at radius 1 is 1.53 bits per heavy atom. The van der Waals surface area contributed by atoms with Crippen LogP contribution in [0.2, 0.25) is 0 Å². The van der Waals surface area contributed by atoms with Crippen molar-refractivity contribution in [2.45, 2.75) is 12.1 Å². The van der Waals surface area contributed by atoms with Gasteiger partial charge in [0.2, 0.25) is 0 Å². The summed E-state index contributed by atoms with van der Waals surface area (Å²) in [5.74, 6) is -3.10. The zero-order valence-electron chi connectivity index (χ0n) is 9.79. The van der Waals surface area contributed by atoms with Gasteiger partial charge in [-0.05, 0) is 12.1 Å². The Bertz CT molecular complexity index is 491. The number of rotatable bonds is 4. The summed E-state index contributed by atoms with van der Waals surface area (Å²) in [4.78, 5) is 11.0. The van der Waals surface area contributed by atoms with Gasteiger partial charge in [0.25, 0.3) is 0 Å². The Balaban J connectivity index is 3.56. The van der Waals surface area contributed by atoms with Crippen LogP contribution in [0.25, 0.3) is 0 Å². The molecule has 0 spiro atoms. The molecule has 19 heavy (non-hydrogen) atoms. The first-order chi connectivity index (χ1) is 8.72. The molecule has 106 valence electrons. The Hall–Kier alpha value is -1.28. The van der Waals surface area contributed by atoms with Gasteiger partial charge in [-0.15, -0.1) is 0 Å². The Labute approximate surface area is 115 Å². The van der Waals surface area contributed by atoms with Gasteiger partial charge in [-0.25, -0.2) is 0 Å². The summed E-state index contributed by atoms with van der Waals surface area (Å²) in [6.45, 7) is -0.334. The standard InChI is InChI=1S/C11H11BrF3NO3/c1-19-9-6(7(4-16)10(17)18)2-5(12)3-8(9)11(13,14)15/h2-3,7H,4,16H2,1H3,(H,17,18). The van der Waals surface area contributed by atoms with Crippen LogP contribution in [-0.4, -0.2) is 24.7 Å². The summed E-state index contributed by atoms with van der Waals surface area (Å²) in [6, 6.07) is 2.09. The molecule has 0 bridgehead atoms. The molecule has 0 aliphatic rings. The topological polar surface area (TPSA) is 72.5 Å². The minimum atomic E-state index is -4.65. The first-order valence-corrected chi connectivity index (χ1v) is 5.89. The monoisotopic (exact) mass is 341 g/mol. The number of aliphatic carboxylic acids is 1. The van der Waals surface area contributed by atoms with Crippen molar-refractivity contribution in [2.75, 3.05) is 13.7 Å². The predicted octanol–water partition coefficient (Wildman–Crippen LogP) is 2.60. The normalized spacial score (nSPS) is 13.2. The lowest BCUT2D eigenvalue weighted by molar-refractivity contribution is -0.140. The van der Waals surface area contributed by atoms with Gasteiger partial charge < -0.3 is 15.6 Å². The Kier molecular flexibility index (Phi) is 4.81. The fourth-order valence-corrected chi connectivity index (χ4v) is 2.15. The highest BCUT2D eigenvalue weighted by molar-refractivity contribution is 9.10. The van der Waals surface area contributed by atoms with Crippen LogP contribution in [0.1, 0.15) is 17.0 Å². The van der Waals surface area contributed by atoms with E-state index in [9.17, 15) is 18.0 Å². The number of nitrogens with two attached hydrogens (primary N) is 1. The summed E-state index contributed by atoms with van der Waals surface area (Å²) < 4.78 is 43.5. The highest BCUT2D eigenvalue weighted by Gasteiger charge is 2.37. The number of methoxy groups -OCH3 is 1. The van der Waals surface area contributed by atoms with Gasteiger partial charge in [0.1, 0.15) is 5.75 Å². The van der Waals surface area contributed by atoms with E-state index in [1.165, 1.54) is 6.07 Å². The molecule has 0 saturated carbocycles. The van der Waals surface area contributed by atoms with Crippen molar-refractivity contribution < 1.29 is 27.8 Å². The molecule has 3 N–H and O–H groups in total. The molecular weight excluding hydrogens is 331 g/mol. The maximum absolute atomic E-state index is 12.9. The number of carbonyl (C=O) groups is 1. The molecule has 1 rings (SSSR count). The summed E-state index contributed by atoms with van der Waals surface area (Å²) in [5, 5.41) is 9.00. The fourth-order valence-electron chi connectivity index (χ4n) is 1.67. The number of alkyl halides is 3. The molecule has 4 nitrogen and oxygen atoms in total. The zero-order chi connectivity index (χ0) is 14.8. The minimum Gasteiger partial charge on any atom is -0.496 e. The summed E-state index contributed by atoms with van der Waals surface area (Å²) in [5.41, 5.74) is 4.15. The van der Waals surface area contributed by atoms with E-state index in [0.717, 1.165) is 13.2 Å². The fraction of sp³-hybridized carbons (Fsp3) is 0.364. The maximum atomic E-state index is 12.9. The molecule has 1 aromatic rings. The molecular formula is C11H11BrF3NO3. The van der Waals surface area contributed by atoms with Crippen LogP contribution in [0.15, 0.2) is 16.6 Å². The SMILES string of the molecule is COc1c(C(CN)C(=O)O)cc(Br)cc1C(F)(F)F. The minimum absolute atomic E-state index is 0.107. The highest BCUT2D eigenvalue weighted by Crippen LogP contribution is 2.42. The largest absolute Gasteiger partial charge is 0.496 e. The molecule has 0 amide bonds. The molecule has 0 saturated heterocycles. The average molecular weight is 342 g/mol. The number of ether oxygens (including phenoxy) is 1. The summed E-state index contributed by atoms with van der Waals surface area (Å²) >= 11 is 2.93. The number of hydrogen-bond acceptors (Lipinski definition) is 3. The quantitative estimate of drug-likeness (QED) is 0.882. The molecule has 0 fully saturated rings. The molecule has 8 heteroatoms. The van der Waals surface area contributed by atoms with Crippen LogP contribution in [0.4, 0.5) is 13.2 Å². The second-order valence-corrected chi connectivity index (χ2v) is 4.62. The Morgan fingerprint density at radius 2 is 2.11 bits per heavy atom. The van der Waals surface area contributed by atoms with Crippen molar-refractivity contribution in [1.82, 2.24) is 0 Å². The molecule has 1 aromatic carbocycles. The van der Waals surface area contributed by atoms with E-state index in [1.54, 1.807) is 0 Å². The van der Waals surface area contributed by atoms with Crippen molar-refractivity contribution in [3.8, 4) is 5.75 Å². The number of carboxylic acid groups (broad SMARTS) is 1. The van der Waals surface area contributed by atoms with Gasteiger partial charge >= 0.3 is 12.1 Å². The van der Waals surface area contributed by atoms with Crippen molar-refractivity contribution in [3.63, 3.8) is 0 Å². The lowest BCUT2D eigenvalue weighted by Gasteiger charge is -2.19. The van der Waals surface area contributed by atoms with E-state index in [4.69, 9.17) is 15.6 Å². The van der Waals surface area contributed by atoms with Crippen LogP contribution in [0, 0.1) is 0 Å². The van der Waals surface area contributed by atoms with Crippen molar-refractivity contribution in [2.24, 2.45) is 5.73 Å². The predicted molar refractivity (Wildman–Crippen MR) is 65.1 cm³/mol. The third kappa shape index (κ3) is 3.38. The van der Waals surface area contributed by atoms with Gasteiger partial charge in [0.15, 0.2) is 0 Å². The molecule has 1 atom stereocenters. The number of hydrogen-bond donors (Lipinski definition) is 2. The van der Waals surface area contributed by atoms with Gasteiger partial charge in [-0.1, -0.05) is 15.9 Å². The van der Waals surface area contributed by atoms with E-state index < -0.39 is 29.4 Å². The lowest BCUT2D eigenvalue weighted by Crippen LogP contribution is -2.23. The second-order valence-electron chi connectivity index (χ2n) is 3.70. The van der Waals surface area contributed by atoms with Gasteiger partial charge in [-0.3, -0.25) is 4.79 Å². The number of benzene rings is 1. The third-order valence-electron chi connectivity index (χ3n) is 2.50. The first kappa shape index (κ1) is 15.8. The summed E-state index contributed by atoms with van der Waals surface area (Å²) in [7, 11) is 1.05. The average Bonchev–Trinajstić information content (AvgIpc) is 2.27. The first-order valence-electron chi connectivity index (χ1n) is 5.09. The van der Waals surface area contributed by atoms with Crippen molar-refractivity contribution in [3.05, 3.63) is 27.7 Å². The molecule has 0 radical (unpaired) electrons.